The lowest BCUT2D eigenvalue weighted by molar-refractivity contribution is -0.138. The van der Waals surface area contributed by atoms with Crippen LogP contribution in [0.15, 0.2) is 0 Å². The molecule has 1 N–H and O–H groups in total. The van der Waals surface area contributed by atoms with Gasteiger partial charge in [-0.3, -0.25) is 19.4 Å². The highest BCUT2D eigenvalue weighted by molar-refractivity contribution is 5.95. The number of nitrogens with zero attached hydrogens (tertiary/aromatic N) is 3. The van der Waals surface area contributed by atoms with Crippen LogP contribution in [0, 0.1) is 17.3 Å². The average Bonchev–Trinajstić information content (AvgIpc) is 2.65. The van der Waals surface area contributed by atoms with Gasteiger partial charge < -0.3 is 10.2 Å². The molecule has 2 fully saturated rings. The molecule has 172 valence electrons. The molecule has 0 radical (unpaired) electrons. The van der Waals surface area contributed by atoms with E-state index in [4.69, 9.17) is 0 Å². The predicted octanol–water partition coefficient (Wildman–Crippen LogP) is 2.16. The van der Waals surface area contributed by atoms with E-state index in [1.54, 1.807) is 6.92 Å². The minimum atomic E-state index is -0.475. The van der Waals surface area contributed by atoms with Crippen molar-refractivity contribution in [3.05, 3.63) is 0 Å². The molecule has 2 aliphatic rings. The van der Waals surface area contributed by atoms with Crippen molar-refractivity contribution >= 4 is 17.7 Å². The molecule has 3 amide bonds. The van der Waals surface area contributed by atoms with Crippen LogP contribution in [0.4, 0.5) is 9.18 Å². The molecule has 1 saturated carbocycles. The number of nitrogens with one attached hydrogen (secondary N) is 1. The van der Waals surface area contributed by atoms with Crippen LogP contribution in [0.2, 0.25) is 0 Å². The van der Waals surface area contributed by atoms with Crippen molar-refractivity contribution in [2.24, 2.45) is 17.3 Å². The van der Waals surface area contributed by atoms with Crippen LogP contribution >= 0.6 is 0 Å². The Bertz CT molecular complexity index is 626. The van der Waals surface area contributed by atoms with E-state index in [-0.39, 0.29) is 54.1 Å². The molecule has 0 bridgehead atoms. The van der Waals surface area contributed by atoms with Gasteiger partial charge in [0.05, 0.1) is 5.92 Å². The molecule has 0 aromatic carbocycles. The number of rotatable bonds is 8. The molecular weight excluding hydrogens is 387 g/mol. The fourth-order valence-corrected chi connectivity index (χ4v) is 5.14. The van der Waals surface area contributed by atoms with E-state index >= 15 is 0 Å². The number of carbonyl (C=O) groups excluding carboxylic acids is 3. The lowest BCUT2D eigenvalue weighted by Gasteiger charge is -2.46. The number of likely N-dealkylation sites (tertiary alicyclic amines) is 1. The van der Waals surface area contributed by atoms with Gasteiger partial charge in [0.15, 0.2) is 0 Å². The Balaban J connectivity index is 2.04. The first-order valence-corrected chi connectivity index (χ1v) is 11.1. The number of hydrogen-bond acceptors (Lipinski definition) is 5. The van der Waals surface area contributed by atoms with Crippen molar-refractivity contribution in [1.29, 1.82) is 0 Å². The first-order valence-electron chi connectivity index (χ1n) is 11.1. The summed E-state index contributed by atoms with van der Waals surface area (Å²) in [5.41, 5.74) is -0.125. The summed E-state index contributed by atoms with van der Waals surface area (Å²) >= 11 is 0. The molecule has 3 atom stereocenters. The molecule has 0 unspecified atom stereocenters. The molecule has 30 heavy (non-hydrogen) atoms. The molecule has 7 nitrogen and oxygen atoms in total. The van der Waals surface area contributed by atoms with Crippen molar-refractivity contribution in [2.45, 2.75) is 52.5 Å². The molecule has 0 aromatic rings. The molecule has 0 aromatic heterocycles. The zero-order valence-corrected chi connectivity index (χ0v) is 19.2. The second-order valence-corrected chi connectivity index (χ2v) is 9.87. The Morgan fingerprint density at radius 1 is 1.30 bits per heavy atom. The van der Waals surface area contributed by atoms with Gasteiger partial charge in [-0.2, -0.15) is 0 Å². The highest BCUT2D eigenvalue weighted by Crippen LogP contribution is 2.37. The average molecular weight is 427 g/mol. The number of halogens is 1. The van der Waals surface area contributed by atoms with Crippen LogP contribution in [-0.2, 0) is 9.59 Å². The number of ketones is 1. The van der Waals surface area contributed by atoms with Gasteiger partial charge in [-0.25, -0.2) is 9.18 Å². The van der Waals surface area contributed by atoms with Crippen LogP contribution < -0.4 is 5.32 Å². The van der Waals surface area contributed by atoms with Crippen molar-refractivity contribution < 1.29 is 18.8 Å². The summed E-state index contributed by atoms with van der Waals surface area (Å²) in [5.74, 6) is -0.316. The highest BCUT2D eigenvalue weighted by atomic mass is 19.1. The molecule has 1 heterocycles. The van der Waals surface area contributed by atoms with Crippen LogP contribution in [0.3, 0.4) is 0 Å². The summed E-state index contributed by atoms with van der Waals surface area (Å²) < 4.78 is 13.1. The Labute approximate surface area is 180 Å². The van der Waals surface area contributed by atoms with Crippen molar-refractivity contribution in [2.75, 3.05) is 53.5 Å². The predicted molar refractivity (Wildman–Crippen MR) is 115 cm³/mol. The first kappa shape index (κ1) is 24.7. The number of Topliss-reactive ketones (excluding diaryl/α,β-unsaturated/α-hetero) is 1. The largest absolute Gasteiger partial charge is 0.337 e. The number of hydrogen-bond donors (Lipinski definition) is 1. The maximum absolute atomic E-state index is 13.2. The van der Waals surface area contributed by atoms with Crippen LogP contribution in [0.1, 0.15) is 46.5 Å². The Hall–Kier alpha value is -1.54. The van der Waals surface area contributed by atoms with Crippen LogP contribution in [0.25, 0.3) is 0 Å². The number of imide groups is 1. The van der Waals surface area contributed by atoms with Gasteiger partial charge in [0.1, 0.15) is 12.5 Å². The molecule has 1 saturated heterocycles. The Kier molecular flexibility index (Phi) is 8.79. The summed E-state index contributed by atoms with van der Waals surface area (Å²) in [6, 6.07) is -0.216. The fourth-order valence-electron chi connectivity index (χ4n) is 5.14. The number of amides is 3. The van der Waals surface area contributed by atoms with Gasteiger partial charge in [-0.15, -0.1) is 0 Å². The van der Waals surface area contributed by atoms with Crippen LogP contribution in [-0.4, -0.2) is 92.0 Å². The van der Waals surface area contributed by atoms with E-state index in [9.17, 15) is 18.8 Å². The first-order chi connectivity index (χ1) is 14.1. The summed E-state index contributed by atoms with van der Waals surface area (Å²) in [6.07, 6.45) is 2.32. The molecule has 8 heteroatoms. The van der Waals surface area contributed by atoms with E-state index < -0.39 is 6.67 Å². The van der Waals surface area contributed by atoms with Crippen molar-refractivity contribution in [3.8, 4) is 0 Å². The summed E-state index contributed by atoms with van der Waals surface area (Å²) in [7, 11) is 3.97. The summed E-state index contributed by atoms with van der Waals surface area (Å²) in [6.45, 7) is 7.74. The van der Waals surface area contributed by atoms with Crippen LogP contribution in [0.5, 0.6) is 0 Å². The lowest BCUT2D eigenvalue weighted by atomic mass is 9.74. The van der Waals surface area contributed by atoms with E-state index in [2.05, 4.69) is 24.1 Å². The minimum Gasteiger partial charge on any atom is -0.337 e. The second kappa shape index (κ2) is 10.7. The fraction of sp³-hybridized carbons (Fsp3) is 0.864. The van der Waals surface area contributed by atoms with Gasteiger partial charge in [0, 0.05) is 51.6 Å². The van der Waals surface area contributed by atoms with Gasteiger partial charge in [0.25, 0.3) is 0 Å². The third kappa shape index (κ3) is 6.48. The molecular formula is C22H39FN4O3. The zero-order chi connectivity index (χ0) is 22.5. The number of fused-ring (bicyclic) bond motifs is 1. The summed E-state index contributed by atoms with van der Waals surface area (Å²) in [5, 5.41) is 2.91. The number of urea groups is 1. The van der Waals surface area contributed by atoms with E-state index in [1.165, 1.54) is 4.90 Å². The topological polar surface area (TPSA) is 73.0 Å². The molecule has 2 rings (SSSR count). The molecule has 0 spiro atoms. The van der Waals surface area contributed by atoms with Crippen molar-refractivity contribution in [3.63, 3.8) is 0 Å². The third-order valence-electron chi connectivity index (χ3n) is 6.27. The maximum atomic E-state index is 13.2. The summed E-state index contributed by atoms with van der Waals surface area (Å²) in [4.78, 5) is 43.3. The number of carbonyl (C=O) groups is 3. The SMILES string of the molecule is CCN(C(=O)NCC(C)(C)CN(C)C)C(=O)[C@@H]1C[C@@H]2CC(=O)CC[C@H]2N(CCF)C1. The quantitative estimate of drug-likeness (QED) is 0.644. The Morgan fingerprint density at radius 3 is 2.60 bits per heavy atom. The number of alkyl halides is 1. The number of piperidine rings is 1. The Morgan fingerprint density at radius 2 is 2.00 bits per heavy atom. The second-order valence-electron chi connectivity index (χ2n) is 9.87. The monoisotopic (exact) mass is 426 g/mol. The highest BCUT2D eigenvalue weighted by Gasteiger charge is 2.43. The third-order valence-corrected chi connectivity index (χ3v) is 6.27. The standard InChI is InChI=1S/C22H39FN4O3/c1-6-27(21(30)24-14-22(2,3)15-25(4)5)20(29)17-11-16-12-18(28)7-8-19(16)26(13-17)10-9-23/h16-17,19H,6-15H2,1-5H3,(H,24,30)/t16-,17-,19-/m1/s1. The zero-order valence-electron chi connectivity index (χ0n) is 19.2. The van der Waals surface area contributed by atoms with E-state index in [1.807, 2.05) is 19.0 Å². The maximum Gasteiger partial charge on any atom is 0.324 e. The van der Waals surface area contributed by atoms with E-state index in [0.717, 1.165) is 13.0 Å². The van der Waals surface area contributed by atoms with Gasteiger partial charge in [-0.1, -0.05) is 13.8 Å². The van der Waals surface area contributed by atoms with Gasteiger partial charge in [0.2, 0.25) is 5.91 Å². The van der Waals surface area contributed by atoms with Gasteiger partial charge >= 0.3 is 6.03 Å². The van der Waals surface area contributed by atoms with Gasteiger partial charge in [-0.05, 0) is 45.2 Å². The molecule has 1 aliphatic carbocycles. The normalized spacial score (nSPS) is 25.2. The molecule has 1 aliphatic heterocycles. The van der Waals surface area contributed by atoms with E-state index in [0.29, 0.717) is 32.4 Å². The smallest absolute Gasteiger partial charge is 0.324 e. The van der Waals surface area contributed by atoms with Crippen molar-refractivity contribution in [1.82, 2.24) is 20.0 Å². The lowest BCUT2D eigenvalue weighted by Crippen LogP contribution is -2.56. The minimum absolute atomic E-state index is 0.0706.